The van der Waals surface area contributed by atoms with Crippen molar-refractivity contribution in [1.29, 1.82) is 0 Å². The van der Waals surface area contributed by atoms with Crippen molar-refractivity contribution >= 4 is 74.1 Å². The molecule has 3 aliphatic rings. The lowest BCUT2D eigenvalue weighted by molar-refractivity contribution is 0.464. The number of fused-ring (bicyclic) bond motifs is 8. The summed E-state index contributed by atoms with van der Waals surface area (Å²) in [6, 6.07) is 62.3. The first kappa shape index (κ1) is 32.3. The van der Waals surface area contributed by atoms with Crippen molar-refractivity contribution in [2.24, 2.45) is 0 Å². The van der Waals surface area contributed by atoms with Crippen LogP contribution in [0.4, 0.5) is 34.1 Å². The van der Waals surface area contributed by atoms with Crippen LogP contribution in [0.1, 0.15) is 23.1 Å². The van der Waals surface area contributed by atoms with Gasteiger partial charge in [0.2, 0.25) is 0 Å². The molecule has 56 heavy (non-hydrogen) atoms. The second kappa shape index (κ2) is 13.0. The molecule has 0 radical (unpaired) electrons. The van der Waals surface area contributed by atoms with Crippen LogP contribution in [0.15, 0.2) is 164 Å². The SMILES string of the molecule is Cc1cc2c3c(c1)Oc1cc(N(c4ccccc4)c4ccccc4)c4ccc#cc4c1B3c1c(cc(N(c3ccccc3)c3ccccc3)c3c1CCC=C3)O2. The Morgan fingerprint density at radius 2 is 1.05 bits per heavy atom. The van der Waals surface area contributed by atoms with E-state index in [0.29, 0.717) is 0 Å². The molecule has 2 aliphatic heterocycles. The van der Waals surface area contributed by atoms with E-state index in [4.69, 9.17) is 9.47 Å². The molecule has 5 heteroatoms. The molecular weight excluding hydrogens is 683 g/mol. The van der Waals surface area contributed by atoms with Gasteiger partial charge in [-0.3, -0.25) is 0 Å². The van der Waals surface area contributed by atoms with Gasteiger partial charge in [0.1, 0.15) is 23.0 Å². The number of hydrogen-bond acceptors (Lipinski definition) is 4. The van der Waals surface area contributed by atoms with Crippen LogP contribution in [0.25, 0.3) is 16.8 Å². The molecule has 0 atom stereocenters. The third-order valence-corrected chi connectivity index (χ3v) is 11.3. The summed E-state index contributed by atoms with van der Waals surface area (Å²) in [6.45, 7) is 1.97. The lowest BCUT2D eigenvalue weighted by Crippen LogP contribution is -2.59. The lowest BCUT2D eigenvalue weighted by atomic mass is 9.33. The number of hydrogen-bond donors (Lipinski definition) is 0. The zero-order valence-electron chi connectivity index (χ0n) is 30.9. The highest BCUT2D eigenvalue weighted by Gasteiger charge is 2.44. The summed E-state index contributed by atoms with van der Waals surface area (Å²) in [7, 11) is 0. The summed E-state index contributed by atoms with van der Waals surface area (Å²) in [6.07, 6.45) is 6.47. The number of para-hydroxylation sites is 4. The molecule has 8 aromatic carbocycles. The first-order chi connectivity index (χ1) is 27.7. The minimum atomic E-state index is -0.144. The standard InChI is InChI=1S/C51H35BN2O2/c1-34-30-45-51-46(31-34)56-48-33-44(54(37-22-10-4-11-23-37)38-24-12-5-13-25-38)40-27-15-17-29-42(40)50(48)52(51)49-41-28-16-14-26-39(41)43(32-47(49)55-45)53(35-18-6-2-7-19-35)36-20-8-3-9-21-36/h2-15,18-27,30-33H,16,28H2,1H3. The topological polar surface area (TPSA) is 24.9 Å². The van der Waals surface area contributed by atoms with Crippen molar-refractivity contribution < 1.29 is 9.47 Å². The van der Waals surface area contributed by atoms with E-state index in [2.05, 4.69) is 193 Å². The predicted molar refractivity (Wildman–Crippen MR) is 231 cm³/mol. The summed E-state index contributed by atoms with van der Waals surface area (Å²) >= 11 is 0. The van der Waals surface area contributed by atoms with Gasteiger partial charge in [-0.25, -0.2) is 0 Å². The van der Waals surface area contributed by atoms with Gasteiger partial charge in [0, 0.05) is 56.7 Å². The Morgan fingerprint density at radius 1 is 0.554 bits per heavy atom. The molecule has 0 spiro atoms. The molecule has 0 saturated carbocycles. The number of allylic oxidation sites excluding steroid dienone is 1. The van der Waals surface area contributed by atoms with Gasteiger partial charge in [-0.15, -0.1) is 0 Å². The molecule has 0 aromatic heterocycles. The van der Waals surface area contributed by atoms with Crippen molar-refractivity contribution in [3.05, 3.63) is 193 Å². The highest BCUT2D eigenvalue weighted by molar-refractivity contribution is 7.00. The normalized spacial score (nSPS) is 13.0. The highest BCUT2D eigenvalue weighted by Crippen LogP contribution is 2.47. The van der Waals surface area contributed by atoms with Gasteiger partial charge in [0.25, 0.3) is 6.71 Å². The Bertz CT molecular complexity index is 2730. The van der Waals surface area contributed by atoms with E-state index in [9.17, 15) is 0 Å². The number of rotatable bonds is 6. The van der Waals surface area contributed by atoms with Gasteiger partial charge in [-0.1, -0.05) is 97.1 Å². The van der Waals surface area contributed by atoms with E-state index in [1.165, 1.54) is 16.6 Å². The molecular formula is C51H35BN2O2. The van der Waals surface area contributed by atoms with E-state index >= 15 is 0 Å². The number of ether oxygens (including phenoxy) is 2. The lowest BCUT2D eigenvalue weighted by Gasteiger charge is -2.38. The minimum Gasteiger partial charge on any atom is -0.458 e. The summed E-state index contributed by atoms with van der Waals surface area (Å²) in [4.78, 5) is 4.68. The fraction of sp³-hybridized carbons (Fsp3) is 0.0588. The summed E-state index contributed by atoms with van der Waals surface area (Å²) in [5.74, 6) is 3.36. The smallest absolute Gasteiger partial charge is 0.262 e. The van der Waals surface area contributed by atoms with Gasteiger partial charge in [-0.2, -0.15) is 0 Å². The minimum absolute atomic E-state index is 0.144. The number of benzene rings is 7. The summed E-state index contributed by atoms with van der Waals surface area (Å²) in [5, 5.41) is 2.07. The maximum Gasteiger partial charge on any atom is 0.262 e. The van der Waals surface area contributed by atoms with Crippen LogP contribution in [-0.2, 0) is 6.42 Å². The van der Waals surface area contributed by atoms with Crippen LogP contribution < -0.4 is 35.7 Å². The van der Waals surface area contributed by atoms with Crippen LogP contribution in [0.2, 0.25) is 0 Å². The van der Waals surface area contributed by atoms with Crippen LogP contribution in [0.3, 0.4) is 0 Å². The van der Waals surface area contributed by atoms with Crippen molar-refractivity contribution in [1.82, 2.24) is 0 Å². The van der Waals surface area contributed by atoms with Crippen LogP contribution in [-0.4, -0.2) is 6.71 Å². The van der Waals surface area contributed by atoms with Crippen molar-refractivity contribution in [2.45, 2.75) is 19.8 Å². The zero-order valence-corrected chi connectivity index (χ0v) is 30.9. The molecule has 0 N–H and O–H groups in total. The van der Waals surface area contributed by atoms with Crippen LogP contribution in [0.5, 0.6) is 23.0 Å². The maximum atomic E-state index is 7.08. The Labute approximate surface area is 327 Å². The molecule has 264 valence electrons. The zero-order chi connectivity index (χ0) is 37.2. The van der Waals surface area contributed by atoms with E-state index in [-0.39, 0.29) is 6.71 Å². The first-order valence-corrected chi connectivity index (χ1v) is 19.3. The average Bonchev–Trinajstić information content (AvgIpc) is 3.25. The van der Waals surface area contributed by atoms with E-state index in [1.54, 1.807) is 0 Å². The molecule has 0 amide bonds. The van der Waals surface area contributed by atoms with Gasteiger partial charge in [-0.05, 0) is 115 Å². The first-order valence-electron chi connectivity index (χ1n) is 19.3. The fourth-order valence-electron chi connectivity index (χ4n) is 8.99. The Balaban J connectivity index is 1.19. The quantitative estimate of drug-likeness (QED) is 0.160. The molecule has 11 rings (SSSR count). The molecule has 4 nitrogen and oxygen atoms in total. The third-order valence-electron chi connectivity index (χ3n) is 11.3. The predicted octanol–water partition coefficient (Wildman–Crippen LogP) is 11.4. The van der Waals surface area contributed by atoms with E-state index in [0.717, 1.165) is 97.2 Å². The van der Waals surface area contributed by atoms with Gasteiger partial charge in [0.05, 0.1) is 11.4 Å². The van der Waals surface area contributed by atoms with E-state index in [1.807, 2.05) is 6.07 Å². The number of anilines is 6. The molecule has 8 aromatic rings. The van der Waals surface area contributed by atoms with Crippen molar-refractivity contribution in [3.63, 3.8) is 0 Å². The van der Waals surface area contributed by atoms with Crippen molar-refractivity contribution in [2.75, 3.05) is 9.80 Å². The molecule has 2 heterocycles. The van der Waals surface area contributed by atoms with Crippen molar-refractivity contribution in [3.8, 4) is 23.0 Å². The summed E-state index contributed by atoms with van der Waals surface area (Å²) < 4.78 is 14.1. The van der Waals surface area contributed by atoms with E-state index < -0.39 is 0 Å². The molecule has 0 saturated heterocycles. The largest absolute Gasteiger partial charge is 0.458 e. The second-order valence-electron chi connectivity index (χ2n) is 14.7. The fourth-order valence-corrected chi connectivity index (χ4v) is 8.99. The monoisotopic (exact) mass is 718 g/mol. The number of nitrogens with zero attached hydrogens (tertiary/aromatic N) is 2. The van der Waals surface area contributed by atoms with Gasteiger partial charge < -0.3 is 19.3 Å². The third kappa shape index (κ3) is 5.11. The second-order valence-corrected chi connectivity index (χ2v) is 14.7. The molecule has 0 unspecified atom stereocenters. The Kier molecular flexibility index (Phi) is 7.50. The average molecular weight is 719 g/mol. The van der Waals surface area contributed by atoms with Crippen LogP contribution in [0, 0.1) is 19.1 Å². The van der Waals surface area contributed by atoms with Gasteiger partial charge in [0.15, 0.2) is 0 Å². The van der Waals surface area contributed by atoms with Gasteiger partial charge >= 0.3 is 0 Å². The number of aryl methyl sites for hydroxylation is 1. The Morgan fingerprint density at radius 3 is 1.62 bits per heavy atom. The molecule has 0 fully saturated rings. The Hall–Kier alpha value is -7.16. The molecule has 1 aliphatic carbocycles. The summed E-state index contributed by atoms with van der Waals surface area (Å²) in [5.41, 5.74) is 13.4. The highest BCUT2D eigenvalue weighted by atomic mass is 16.5. The molecule has 0 bridgehead atoms. The van der Waals surface area contributed by atoms with Crippen LogP contribution >= 0.6 is 0 Å². The maximum absolute atomic E-state index is 7.08.